The number of hydrogen-bond acceptors (Lipinski definition) is 7. The predicted molar refractivity (Wildman–Crippen MR) is 139 cm³/mol. The molecule has 190 valence electrons. The Balaban J connectivity index is 1.38. The molecule has 4 rings (SSSR count). The molecule has 0 radical (unpaired) electrons. The number of anilines is 1. The van der Waals surface area contributed by atoms with Crippen molar-refractivity contribution in [2.75, 3.05) is 5.32 Å². The molecule has 1 saturated carbocycles. The molecule has 2 N–H and O–H groups in total. The first-order valence-electron chi connectivity index (χ1n) is 12.6. The second-order valence-electron chi connectivity index (χ2n) is 11.9. The number of nitrogens with one attached hydrogen (secondary N) is 2. The number of ether oxygens (including phenoxy) is 1. The Morgan fingerprint density at radius 1 is 1.06 bits per heavy atom. The average molecular weight is 482 g/mol. The van der Waals surface area contributed by atoms with Crippen molar-refractivity contribution in [3.63, 3.8) is 0 Å². The Kier molecular flexibility index (Phi) is 6.79. The van der Waals surface area contributed by atoms with E-state index in [9.17, 15) is 4.79 Å². The van der Waals surface area contributed by atoms with Crippen molar-refractivity contribution in [3.8, 4) is 0 Å². The third kappa shape index (κ3) is 5.89. The first-order chi connectivity index (χ1) is 16.2. The van der Waals surface area contributed by atoms with E-state index in [1.807, 2.05) is 27.0 Å². The molecular weight excluding hydrogens is 443 g/mol. The molecule has 0 unspecified atom stereocenters. The lowest BCUT2D eigenvalue weighted by molar-refractivity contribution is 0.00578. The van der Waals surface area contributed by atoms with E-state index < -0.39 is 12.7 Å². The van der Waals surface area contributed by atoms with Crippen LogP contribution in [-0.4, -0.2) is 52.1 Å². The number of carbonyl (C=O) groups is 1. The SMILES string of the molecule is Cc1cc2nc(N[C@H]3CC[C@H](NC(=O)OC(C)(C)C)CC3)ncc2cc1B1OC(C)(C)C(C)(C)O1. The summed E-state index contributed by atoms with van der Waals surface area (Å²) in [4.78, 5) is 21.4. The summed E-state index contributed by atoms with van der Waals surface area (Å²) in [7, 11) is -0.410. The van der Waals surface area contributed by atoms with Gasteiger partial charge in [-0.2, -0.15) is 0 Å². The van der Waals surface area contributed by atoms with Gasteiger partial charge in [0.2, 0.25) is 5.95 Å². The summed E-state index contributed by atoms with van der Waals surface area (Å²) in [6.07, 6.45) is 5.15. The fourth-order valence-corrected chi connectivity index (χ4v) is 4.53. The number of amides is 1. The molecule has 1 aliphatic carbocycles. The highest BCUT2D eigenvalue weighted by atomic mass is 16.7. The third-order valence-corrected chi connectivity index (χ3v) is 7.26. The third-order valence-electron chi connectivity index (χ3n) is 7.26. The molecule has 0 atom stereocenters. The van der Waals surface area contributed by atoms with Crippen LogP contribution < -0.4 is 16.1 Å². The van der Waals surface area contributed by atoms with E-state index in [1.165, 1.54) is 0 Å². The maximum Gasteiger partial charge on any atom is 0.495 e. The lowest BCUT2D eigenvalue weighted by Gasteiger charge is -2.32. The van der Waals surface area contributed by atoms with Crippen molar-refractivity contribution in [1.82, 2.24) is 15.3 Å². The Morgan fingerprint density at radius 2 is 1.66 bits per heavy atom. The number of carbonyl (C=O) groups excluding carboxylic acids is 1. The minimum atomic E-state index is -0.486. The summed E-state index contributed by atoms with van der Waals surface area (Å²) in [5, 5.41) is 7.42. The maximum absolute atomic E-state index is 12.0. The maximum atomic E-state index is 12.0. The summed E-state index contributed by atoms with van der Waals surface area (Å²) >= 11 is 0. The van der Waals surface area contributed by atoms with E-state index in [2.05, 4.69) is 62.4 Å². The van der Waals surface area contributed by atoms with Gasteiger partial charge in [-0.3, -0.25) is 0 Å². The number of aryl methyl sites for hydroxylation is 1. The van der Waals surface area contributed by atoms with Gasteiger partial charge in [-0.1, -0.05) is 6.07 Å². The van der Waals surface area contributed by atoms with Crippen molar-refractivity contribution in [2.45, 2.75) is 110 Å². The minimum Gasteiger partial charge on any atom is -0.444 e. The summed E-state index contributed by atoms with van der Waals surface area (Å²) in [6, 6.07) is 4.56. The number of alkyl carbamates (subject to hydrolysis) is 1. The second-order valence-corrected chi connectivity index (χ2v) is 11.9. The molecule has 1 aliphatic heterocycles. The number of aromatic nitrogens is 2. The first-order valence-corrected chi connectivity index (χ1v) is 12.6. The van der Waals surface area contributed by atoms with Crippen molar-refractivity contribution < 1.29 is 18.8 Å². The molecule has 1 saturated heterocycles. The van der Waals surface area contributed by atoms with Gasteiger partial charge in [0.25, 0.3) is 0 Å². The van der Waals surface area contributed by atoms with Gasteiger partial charge in [0, 0.05) is 23.7 Å². The number of fused-ring (bicyclic) bond motifs is 1. The van der Waals surface area contributed by atoms with Crippen molar-refractivity contribution in [3.05, 3.63) is 23.9 Å². The molecule has 8 nitrogen and oxygen atoms in total. The molecule has 35 heavy (non-hydrogen) atoms. The van der Waals surface area contributed by atoms with Gasteiger partial charge in [0.15, 0.2) is 0 Å². The van der Waals surface area contributed by atoms with Gasteiger partial charge in [-0.05, 0) is 98.2 Å². The van der Waals surface area contributed by atoms with Crippen molar-refractivity contribution >= 4 is 35.5 Å². The van der Waals surface area contributed by atoms with Crippen LogP contribution >= 0.6 is 0 Å². The molecule has 2 heterocycles. The molecular formula is C26H39BN4O4. The van der Waals surface area contributed by atoms with Crippen LogP contribution in [0, 0.1) is 6.92 Å². The fraction of sp³-hybridized carbons (Fsp3) is 0.654. The highest BCUT2D eigenvalue weighted by Crippen LogP contribution is 2.37. The second kappa shape index (κ2) is 9.24. The summed E-state index contributed by atoms with van der Waals surface area (Å²) < 4.78 is 17.9. The van der Waals surface area contributed by atoms with Crippen LogP contribution in [0.2, 0.25) is 0 Å². The monoisotopic (exact) mass is 482 g/mol. The van der Waals surface area contributed by atoms with Crippen LogP contribution in [-0.2, 0) is 14.0 Å². The molecule has 2 fully saturated rings. The zero-order valence-corrected chi connectivity index (χ0v) is 22.3. The van der Waals surface area contributed by atoms with Gasteiger partial charge in [0.1, 0.15) is 5.60 Å². The van der Waals surface area contributed by atoms with Crippen LogP contribution in [0.4, 0.5) is 10.7 Å². The Morgan fingerprint density at radius 3 is 2.26 bits per heavy atom. The molecule has 1 aromatic heterocycles. The smallest absolute Gasteiger partial charge is 0.444 e. The molecule has 2 aliphatic rings. The highest BCUT2D eigenvalue weighted by Gasteiger charge is 2.52. The van der Waals surface area contributed by atoms with Gasteiger partial charge < -0.3 is 24.7 Å². The van der Waals surface area contributed by atoms with E-state index in [0.29, 0.717) is 5.95 Å². The van der Waals surface area contributed by atoms with Gasteiger partial charge in [-0.25, -0.2) is 14.8 Å². The molecule has 2 aromatic rings. The fourth-order valence-electron chi connectivity index (χ4n) is 4.53. The van der Waals surface area contributed by atoms with Gasteiger partial charge in [-0.15, -0.1) is 0 Å². The molecule has 0 bridgehead atoms. The predicted octanol–water partition coefficient (Wildman–Crippen LogP) is 4.49. The Labute approximate surface area is 209 Å². The van der Waals surface area contributed by atoms with Crippen molar-refractivity contribution in [2.24, 2.45) is 0 Å². The number of nitrogens with zero attached hydrogens (tertiary/aromatic N) is 2. The number of hydrogen-bond donors (Lipinski definition) is 2. The minimum absolute atomic E-state index is 0.136. The van der Waals surface area contributed by atoms with Crippen LogP contribution in [0.5, 0.6) is 0 Å². The largest absolute Gasteiger partial charge is 0.495 e. The molecule has 0 spiro atoms. The van der Waals surface area contributed by atoms with E-state index in [4.69, 9.17) is 19.0 Å². The number of benzene rings is 1. The van der Waals surface area contributed by atoms with Crippen LogP contribution in [0.3, 0.4) is 0 Å². The Hall–Kier alpha value is -2.39. The quantitative estimate of drug-likeness (QED) is 0.621. The van der Waals surface area contributed by atoms with E-state index in [0.717, 1.165) is 47.6 Å². The van der Waals surface area contributed by atoms with E-state index >= 15 is 0 Å². The standard InChI is InChI=1S/C26H39BN4O4/c1-16-13-21-17(14-20(16)27-34-25(5,6)26(7,8)35-27)15-28-22(31-21)29-18-9-11-19(12-10-18)30-23(32)33-24(2,3)4/h13-15,18-19H,9-12H2,1-8H3,(H,30,32)(H,28,29,31)/t18-,19-. The zero-order chi connectivity index (χ0) is 25.6. The highest BCUT2D eigenvalue weighted by molar-refractivity contribution is 6.63. The summed E-state index contributed by atoms with van der Waals surface area (Å²) in [5.74, 6) is 0.629. The normalized spacial score (nSPS) is 23.8. The Bertz CT molecular complexity index is 1070. The number of rotatable bonds is 4. The van der Waals surface area contributed by atoms with E-state index in [-0.39, 0.29) is 29.4 Å². The van der Waals surface area contributed by atoms with Gasteiger partial charge in [0.05, 0.1) is 16.7 Å². The van der Waals surface area contributed by atoms with Crippen molar-refractivity contribution in [1.29, 1.82) is 0 Å². The van der Waals surface area contributed by atoms with Gasteiger partial charge >= 0.3 is 13.2 Å². The first kappa shape index (κ1) is 25.7. The van der Waals surface area contributed by atoms with E-state index in [1.54, 1.807) is 0 Å². The molecule has 1 amide bonds. The molecule has 9 heteroatoms. The molecule has 1 aromatic carbocycles. The average Bonchev–Trinajstić information content (AvgIpc) is 2.94. The van der Waals surface area contributed by atoms with Crippen LogP contribution in [0.1, 0.15) is 79.7 Å². The lowest BCUT2D eigenvalue weighted by Crippen LogP contribution is -2.42. The van der Waals surface area contributed by atoms with Crippen LogP contribution in [0.25, 0.3) is 10.9 Å². The lowest BCUT2D eigenvalue weighted by atomic mass is 9.75. The van der Waals surface area contributed by atoms with Crippen LogP contribution in [0.15, 0.2) is 18.3 Å². The zero-order valence-electron chi connectivity index (χ0n) is 22.3. The topological polar surface area (TPSA) is 94.6 Å². The summed E-state index contributed by atoms with van der Waals surface area (Å²) in [6.45, 7) is 15.9. The summed E-state index contributed by atoms with van der Waals surface area (Å²) in [5.41, 5.74) is 1.72.